The summed E-state index contributed by atoms with van der Waals surface area (Å²) in [6.45, 7) is 2.38. The van der Waals surface area contributed by atoms with E-state index in [9.17, 15) is 28.9 Å². The van der Waals surface area contributed by atoms with E-state index in [1.807, 2.05) is 12.2 Å². The minimum absolute atomic E-state index is 0.0838. The second-order valence-electron chi connectivity index (χ2n) is 13.2. The third-order valence-corrected chi connectivity index (χ3v) is 8.87. The van der Waals surface area contributed by atoms with E-state index in [2.05, 4.69) is 91.3 Å². The van der Waals surface area contributed by atoms with Gasteiger partial charge < -0.3 is 30.3 Å². The van der Waals surface area contributed by atoms with E-state index >= 15 is 0 Å². The SMILES string of the molecule is CC/C=C\C/C=C\C/C=C\C/C=C\C=C\C(O)CCCC(=O)O[C@H](COC(=O)CCCC/C=C\C/C=C\C/C=C\CCCCC)COP(=O)(O)OC[C@H](N)C(=O)O. The van der Waals surface area contributed by atoms with Crippen LogP contribution in [0.3, 0.4) is 0 Å². The number of carbonyl (C=O) groups excluding carboxylic acids is 2. The van der Waals surface area contributed by atoms with Gasteiger partial charge in [0.2, 0.25) is 0 Å². The fraction of sp³-hybridized carbons (Fsp3) is 0.568. The van der Waals surface area contributed by atoms with Crippen molar-refractivity contribution in [3.63, 3.8) is 0 Å². The Bertz CT molecular complexity index is 1350. The molecule has 0 aromatic carbocycles. The number of carbonyl (C=O) groups is 3. The molecule has 0 aromatic rings. The molecule has 0 rings (SSSR count). The van der Waals surface area contributed by atoms with E-state index in [0.29, 0.717) is 6.42 Å². The molecule has 12 nitrogen and oxygen atoms in total. The molecule has 2 unspecified atom stereocenters. The second kappa shape index (κ2) is 37.9. The Balaban J connectivity index is 4.70. The molecule has 0 aliphatic heterocycles. The molecule has 57 heavy (non-hydrogen) atoms. The molecule has 0 aromatic heterocycles. The molecular formula is C44H70NO11P. The molecule has 13 heteroatoms. The van der Waals surface area contributed by atoms with E-state index in [4.69, 9.17) is 24.8 Å². The summed E-state index contributed by atoms with van der Waals surface area (Å²) in [5.74, 6) is -2.68. The van der Waals surface area contributed by atoms with Gasteiger partial charge in [0, 0.05) is 12.8 Å². The first-order valence-corrected chi connectivity index (χ1v) is 21.9. The van der Waals surface area contributed by atoms with E-state index in [1.54, 1.807) is 12.2 Å². The van der Waals surface area contributed by atoms with Crippen LogP contribution in [0, 0.1) is 0 Å². The lowest BCUT2D eigenvalue weighted by Gasteiger charge is -2.20. The summed E-state index contributed by atoms with van der Waals surface area (Å²) >= 11 is 0. The van der Waals surface area contributed by atoms with Gasteiger partial charge in [0.05, 0.1) is 19.3 Å². The van der Waals surface area contributed by atoms with Crippen molar-refractivity contribution in [2.24, 2.45) is 5.73 Å². The Morgan fingerprint density at radius 3 is 1.75 bits per heavy atom. The molecule has 0 heterocycles. The number of ether oxygens (including phenoxy) is 2. The van der Waals surface area contributed by atoms with Crippen LogP contribution in [0.15, 0.2) is 97.2 Å². The predicted molar refractivity (Wildman–Crippen MR) is 227 cm³/mol. The van der Waals surface area contributed by atoms with Crippen LogP contribution in [0.2, 0.25) is 0 Å². The van der Waals surface area contributed by atoms with Crippen LogP contribution in [0.1, 0.15) is 123 Å². The van der Waals surface area contributed by atoms with Crippen molar-refractivity contribution >= 4 is 25.7 Å². The Labute approximate surface area is 341 Å². The second-order valence-corrected chi connectivity index (χ2v) is 14.7. The number of hydrogen-bond donors (Lipinski definition) is 4. The van der Waals surface area contributed by atoms with Gasteiger partial charge in [0.25, 0.3) is 0 Å². The lowest BCUT2D eigenvalue weighted by atomic mass is 10.1. The average Bonchev–Trinajstić information content (AvgIpc) is 3.18. The van der Waals surface area contributed by atoms with Gasteiger partial charge in [0.15, 0.2) is 6.10 Å². The highest BCUT2D eigenvalue weighted by Gasteiger charge is 2.28. The number of hydrogen-bond acceptors (Lipinski definition) is 10. The fourth-order valence-electron chi connectivity index (χ4n) is 4.69. The third-order valence-electron chi connectivity index (χ3n) is 7.92. The Morgan fingerprint density at radius 2 is 1.18 bits per heavy atom. The number of nitrogens with two attached hydrogens (primary N) is 1. The minimum atomic E-state index is -4.78. The Hall–Kier alpha value is -3.64. The number of esters is 2. The zero-order valence-electron chi connectivity index (χ0n) is 34.2. The van der Waals surface area contributed by atoms with Crippen molar-refractivity contribution in [2.45, 2.75) is 141 Å². The van der Waals surface area contributed by atoms with Crippen molar-refractivity contribution in [3.8, 4) is 0 Å². The van der Waals surface area contributed by atoms with Gasteiger partial charge >= 0.3 is 25.7 Å². The summed E-state index contributed by atoms with van der Waals surface area (Å²) in [5.41, 5.74) is 5.31. The molecule has 0 fully saturated rings. The summed E-state index contributed by atoms with van der Waals surface area (Å²) in [6.07, 6.45) is 43.7. The molecule has 0 aliphatic carbocycles. The molecule has 4 atom stereocenters. The van der Waals surface area contributed by atoms with Crippen LogP contribution in [-0.2, 0) is 37.5 Å². The maximum atomic E-state index is 12.6. The summed E-state index contributed by atoms with van der Waals surface area (Å²) in [6, 6.07) is -1.56. The quantitative estimate of drug-likeness (QED) is 0.0154. The standard InChI is InChI=1S/C44H70NO11P/c1-3-5-7-9-11-13-15-17-18-20-22-24-26-28-30-34-42(47)53-36-40(37-54-57(51,52)55-38-41(45)44(49)50)56-43(48)35-31-33-39(46)32-29-27-25-23-21-19-16-14-12-10-8-6-4-2/h6,8,11-14,17-19,21-22,24-25,27,29,32,39-41,46H,3-5,7,9-10,15-16,20,23,26,28,30-31,33-38,45H2,1-2H3,(H,49,50)(H,51,52)/b8-6-,13-11-,14-12-,18-17-,21-19-,24-22-,27-25-,32-29+/t39?,40-,41+/m1/s1. The molecule has 0 spiro atoms. The van der Waals surface area contributed by atoms with Crippen LogP contribution in [0.5, 0.6) is 0 Å². The van der Waals surface area contributed by atoms with Crippen molar-refractivity contribution < 1.29 is 52.6 Å². The summed E-state index contributed by atoms with van der Waals surface area (Å²) in [4.78, 5) is 45.9. The molecule has 0 bridgehead atoms. The van der Waals surface area contributed by atoms with Crippen molar-refractivity contribution in [3.05, 3.63) is 97.2 Å². The number of aliphatic hydroxyl groups excluding tert-OH is 1. The van der Waals surface area contributed by atoms with Crippen LogP contribution >= 0.6 is 7.82 Å². The molecule has 0 amide bonds. The van der Waals surface area contributed by atoms with Crippen molar-refractivity contribution in [1.82, 2.24) is 0 Å². The highest BCUT2D eigenvalue weighted by Crippen LogP contribution is 2.43. The van der Waals surface area contributed by atoms with Gasteiger partial charge in [-0.1, -0.05) is 124 Å². The first-order chi connectivity index (χ1) is 27.5. The molecule has 0 saturated carbocycles. The molecular weight excluding hydrogens is 749 g/mol. The van der Waals surface area contributed by atoms with E-state index < -0.39 is 63.8 Å². The topological polar surface area (TPSA) is 192 Å². The highest BCUT2D eigenvalue weighted by molar-refractivity contribution is 7.47. The highest BCUT2D eigenvalue weighted by atomic mass is 31.2. The Kier molecular flexibility index (Phi) is 35.5. The maximum Gasteiger partial charge on any atom is 0.472 e. The van der Waals surface area contributed by atoms with Gasteiger partial charge in [-0.05, 0) is 83.5 Å². The molecule has 5 N–H and O–H groups in total. The van der Waals surface area contributed by atoms with Crippen molar-refractivity contribution in [1.29, 1.82) is 0 Å². The van der Waals surface area contributed by atoms with E-state index in [1.165, 1.54) is 19.3 Å². The monoisotopic (exact) mass is 819 g/mol. The summed E-state index contributed by atoms with van der Waals surface area (Å²) in [7, 11) is -4.78. The zero-order chi connectivity index (χ0) is 42.2. The zero-order valence-corrected chi connectivity index (χ0v) is 35.1. The number of carboxylic acid groups (broad SMARTS) is 1. The lowest BCUT2D eigenvalue weighted by molar-refractivity contribution is -0.161. The number of rotatable bonds is 36. The number of phosphoric ester groups is 1. The predicted octanol–water partition coefficient (Wildman–Crippen LogP) is 9.47. The number of unbranched alkanes of at least 4 members (excludes halogenated alkanes) is 5. The molecule has 322 valence electrons. The number of aliphatic carboxylic acids is 1. The summed E-state index contributed by atoms with van der Waals surface area (Å²) < 4.78 is 32.4. The normalized spacial score (nSPS) is 15.3. The first kappa shape index (κ1) is 53.4. The van der Waals surface area contributed by atoms with Crippen molar-refractivity contribution in [2.75, 3.05) is 19.8 Å². The minimum Gasteiger partial charge on any atom is -0.480 e. The van der Waals surface area contributed by atoms with Crippen LogP contribution in [0.4, 0.5) is 0 Å². The fourth-order valence-corrected chi connectivity index (χ4v) is 5.46. The average molecular weight is 820 g/mol. The van der Waals surface area contributed by atoms with Crippen LogP contribution in [0.25, 0.3) is 0 Å². The van der Waals surface area contributed by atoms with Gasteiger partial charge in [-0.15, -0.1) is 0 Å². The van der Waals surface area contributed by atoms with E-state index in [0.717, 1.165) is 57.8 Å². The molecule has 0 radical (unpaired) electrons. The number of carboxylic acids is 1. The molecule has 0 saturated heterocycles. The molecule has 0 aliphatic rings. The largest absolute Gasteiger partial charge is 0.480 e. The number of aliphatic hydroxyl groups is 1. The first-order valence-electron chi connectivity index (χ1n) is 20.4. The Morgan fingerprint density at radius 1 is 0.649 bits per heavy atom. The maximum absolute atomic E-state index is 12.6. The van der Waals surface area contributed by atoms with Crippen LogP contribution in [-0.4, -0.2) is 71.1 Å². The van der Waals surface area contributed by atoms with Gasteiger partial charge in [0.1, 0.15) is 12.6 Å². The third kappa shape index (κ3) is 37.7. The number of allylic oxidation sites excluding steroid dienone is 15. The van der Waals surface area contributed by atoms with Gasteiger partial charge in [-0.2, -0.15) is 0 Å². The van der Waals surface area contributed by atoms with Gasteiger partial charge in [-0.25, -0.2) is 4.57 Å². The van der Waals surface area contributed by atoms with Crippen LogP contribution < -0.4 is 5.73 Å². The number of phosphoric acid groups is 1. The summed E-state index contributed by atoms with van der Waals surface area (Å²) in [5, 5.41) is 19.1. The van der Waals surface area contributed by atoms with E-state index in [-0.39, 0.29) is 25.7 Å². The lowest BCUT2D eigenvalue weighted by Crippen LogP contribution is -2.34. The smallest absolute Gasteiger partial charge is 0.472 e. The van der Waals surface area contributed by atoms with Gasteiger partial charge in [-0.3, -0.25) is 23.4 Å².